The van der Waals surface area contributed by atoms with E-state index in [1.807, 2.05) is 17.0 Å². The van der Waals surface area contributed by atoms with Gasteiger partial charge in [0.25, 0.3) is 5.69 Å². The fourth-order valence-corrected chi connectivity index (χ4v) is 3.94. The molecule has 2 heterocycles. The normalized spacial score (nSPS) is 19.0. The van der Waals surface area contributed by atoms with E-state index < -0.39 is 4.92 Å². The van der Waals surface area contributed by atoms with Crippen LogP contribution in [0.15, 0.2) is 42.5 Å². The number of nitro groups is 1. The van der Waals surface area contributed by atoms with Crippen LogP contribution in [0.2, 0.25) is 5.02 Å². The van der Waals surface area contributed by atoms with Gasteiger partial charge in [0, 0.05) is 49.0 Å². The largest absolute Gasteiger partial charge is 0.492 e. The molecule has 1 saturated heterocycles. The van der Waals surface area contributed by atoms with Crippen molar-refractivity contribution in [3.63, 3.8) is 0 Å². The van der Waals surface area contributed by atoms with E-state index in [0.29, 0.717) is 44.2 Å². The first-order valence-corrected chi connectivity index (χ1v) is 9.58. The number of hydrogen-bond donors (Lipinski definition) is 0. The number of nitrogens with zero attached hydrogens (tertiary/aromatic N) is 3. The molecule has 1 amide bonds. The Hall–Kier alpha value is -2.80. The molecule has 1 fully saturated rings. The van der Waals surface area contributed by atoms with Crippen LogP contribution >= 0.6 is 11.6 Å². The average molecular weight is 402 g/mol. The second-order valence-electron chi connectivity index (χ2n) is 7.05. The second kappa shape index (κ2) is 7.67. The van der Waals surface area contributed by atoms with Crippen molar-refractivity contribution in [3.8, 4) is 5.75 Å². The quantitative estimate of drug-likeness (QED) is 0.583. The molecule has 2 aromatic rings. The number of ether oxygens (including phenoxy) is 1. The van der Waals surface area contributed by atoms with E-state index in [2.05, 4.69) is 4.90 Å². The molecule has 2 aromatic carbocycles. The van der Waals surface area contributed by atoms with Gasteiger partial charge in [-0.2, -0.15) is 0 Å². The van der Waals surface area contributed by atoms with Crippen molar-refractivity contribution in [1.29, 1.82) is 0 Å². The number of carbonyl (C=O) groups excluding carboxylic acids is 1. The molecule has 0 N–H and O–H groups in total. The third kappa shape index (κ3) is 3.75. The van der Waals surface area contributed by atoms with E-state index in [1.54, 1.807) is 18.2 Å². The van der Waals surface area contributed by atoms with Crippen LogP contribution < -0.4 is 9.64 Å². The number of amides is 1. The first-order chi connectivity index (χ1) is 13.5. The average Bonchev–Trinajstić information content (AvgIpc) is 2.73. The summed E-state index contributed by atoms with van der Waals surface area (Å²) in [5.41, 5.74) is 1.99. The lowest BCUT2D eigenvalue weighted by molar-refractivity contribution is -0.384. The van der Waals surface area contributed by atoms with E-state index in [0.717, 1.165) is 17.0 Å². The Bertz CT molecular complexity index is 895. The lowest BCUT2D eigenvalue weighted by atomic mass is 9.95. The lowest BCUT2D eigenvalue weighted by Crippen LogP contribution is -2.51. The van der Waals surface area contributed by atoms with E-state index in [1.165, 1.54) is 12.1 Å². The molecule has 0 radical (unpaired) electrons. The van der Waals surface area contributed by atoms with Gasteiger partial charge in [-0.3, -0.25) is 14.9 Å². The number of hydrogen-bond acceptors (Lipinski definition) is 5. The molecular weight excluding hydrogens is 382 g/mol. The van der Waals surface area contributed by atoms with Crippen molar-refractivity contribution in [2.24, 2.45) is 5.92 Å². The Balaban J connectivity index is 1.36. The van der Waals surface area contributed by atoms with Gasteiger partial charge in [0.1, 0.15) is 12.4 Å². The van der Waals surface area contributed by atoms with E-state index in [-0.39, 0.29) is 17.5 Å². The fourth-order valence-electron chi connectivity index (χ4n) is 3.75. The highest BCUT2D eigenvalue weighted by molar-refractivity contribution is 6.30. The van der Waals surface area contributed by atoms with Gasteiger partial charge in [-0.25, -0.2) is 0 Å². The van der Waals surface area contributed by atoms with Gasteiger partial charge < -0.3 is 14.5 Å². The molecule has 0 aliphatic carbocycles. The summed E-state index contributed by atoms with van der Waals surface area (Å²) in [6.07, 6.45) is 0.636. The minimum Gasteiger partial charge on any atom is -0.492 e. The third-order valence-corrected chi connectivity index (χ3v) is 5.53. The zero-order valence-corrected chi connectivity index (χ0v) is 16.0. The highest BCUT2D eigenvalue weighted by atomic mass is 35.5. The topological polar surface area (TPSA) is 75.9 Å². The van der Waals surface area contributed by atoms with Gasteiger partial charge in [0.2, 0.25) is 5.91 Å². The molecule has 0 bridgehead atoms. The highest BCUT2D eigenvalue weighted by Gasteiger charge is 2.31. The Morgan fingerprint density at radius 1 is 1.11 bits per heavy atom. The van der Waals surface area contributed by atoms with Crippen LogP contribution in [0, 0.1) is 16.0 Å². The first-order valence-electron chi connectivity index (χ1n) is 9.20. The number of nitro benzene ring substituents is 1. The SMILES string of the molecule is O=C([C@H]1COc2ccc(Cl)cc2C1)N1CCN(c2ccc([N+](=O)[O-])cc2)CC1. The number of anilines is 1. The summed E-state index contributed by atoms with van der Waals surface area (Å²) in [6, 6.07) is 12.0. The Kier molecular flexibility index (Phi) is 5.09. The molecular formula is C20H20ClN3O4. The van der Waals surface area contributed by atoms with Crippen molar-refractivity contribution in [3.05, 3.63) is 63.2 Å². The zero-order chi connectivity index (χ0) is 19.7. The van der Waals surface area contributed by atoms with Crippen LogP contribution in [0.5, 0.6) is 5.75 Å². The molecule has 2 aliphatic rings. The zero-order valence-electron chi connectivity index (χ0n) is 15.2. The number of piperazine rings is 1. The molecule has 0 aromatic heterocycles. The van der Waals surface area contributed by atoms with Crippen molar-refractivity contribution < 1.29 is 14.5 Å². The Labute approximate surface area is 167 Å². The molecule has 0 unspecified atom stereocenters. The number of carbonyl (C=O) groups is 1. The second-order valence-corrected chi connectivity index (χ2v) is 7.49. The molecule has 1 atom stereocenters. The monoisotopic (exact) mass is 401 g/mol. The maximum atomic E-state index is 12.9. The maximum absolute atomic E-state index is 12.9. The highest BCUT2D eigenvalue weighted by Crippen LogP contribution is 2.31. The van der Waals surface area contributed by atoms with Gasteiger partial charge in [0.05, 0.1) is 10.8 Å². The van der Waals surface area contributed by atoms with Crippen LogP contribution in [0.25, 0.3) is 0 Å². The fraction of sp³-hybridized carbons (Fsp3) is 0.350. The predicted octanol–water partition coefficient (Wildman–Crippen LogP) is 3.15. The summed E-state index contributed by atoms with van der Waals surface area (Å²) in [5.74, 6) is 0.710. The number of fused-ring (bicyclic) bond motifs is 1. The van der Waals surface area contributed by atoms with Crippen molar-refractivity contribution in [2.75, 3.05) is 37.7 Å². The Morgan fingerprint density at radius 2 is 1.82 bits per heavy atom. The molecule has 146 valence electrons. The van der Waals surface area contributed by atoms with Gasteiger partial charge >= 0.3 is 0 Å². The number of rotatable bonds is 3. The number of halogens is 1. The van der Waals surface area contributed by atoms with Crippen LogP contribution in [0.4, 0.5) is 11.4 Å². The molecule has 2 aliphatic heterocycles. The molecule has 4 rings (SSSR count). The lowest BCUT2D eigenvalue weighted by Gasteiger charge is -2.38. The summed E-state index contributed by atoms with van der Waals surface area (Å²) in [7, 11) is 0. The molecule has 28 heavy (non-hydrogen) atoms. The maximum Gasteiger partial charge on any atom is 0.269 e. The smallest absolute Gasteiger partial charge is 0.269 e. The van der Waals surface area contributed by atoms with Gasteiger partial charge in [-0.05, 0) is 42.3 Å². The first kappa shape index (κ1) is 18.6. The molecule has 0 saturated carbocycles. The van der Waals surface area contributed by atoms with Crippen molar-refractivity contribution >= 4 is 28.9 Å². The minimum absolute atomic E-state index is 0.0789. The third-order valence-electron chi connectivity index (χ3n) is 5.30. The van der Waals surface area contributed by atoms with Gasteiger partial charge in [-0.15, -0.1) is 0 Å². The summed E-state index contributed by atoms with van der Waals surface area (Å²) in [6.45, 7) is 3.01. The minimum atomic E-state index is -0.405. The van der Waals surface area contributed by atoms with Crippen LogP contribution in [0.3, 0.4) is 0 Å². The molecule has 0 spiro atoms. The number of benzene rings is 2. The van der Waals surface area contributed by atoms with Crippen molar-refractivity contribution in [2.45, 2.75) is 6.42 Å². The van der Waals surface area contributed by atoms with Crippen LogP contribution in [0.1, 0.15) is 5.56 Å². The summed E-state index contributed by atoms with van der Waals surface area (Å²) in [4.78, 5) is 27.3. The van der Waals surface area contributed by atoms with E-state index >= 15 is 0 Å². The van der Waals surface area contributed by atoms with Crippen LogP contribution in [-0.2, 0) is 11.2 Å². The molecule has 8 heteroatoms. The molecule has 7 nitrogen and oxygen atoms in total. The van der Waals surface area contributed by atoms with Gasteiger partial charge in [-0.1, -0.05) is 11.6 Å². The standard InChI is InChI=1S/C20H20ClN3O4/c21-16-1-6-19-14(12-16)11-15(13-28-19)20(25)23-9-7-22(8-10-23)17-2-4-18(5-3-17)24(26)27/h1-6,12,15H,7-11,13H2/t15-/m1/s1. The predicted molar refractivity (Wildman–Crippen MR) is 106 cm³/mol. The summed E-state index contributed by atoms with van der Waals surface area (Å²) >= 11 is 6.06. The van der Waals surface area contributed by atoms with Gasteiger partial charge in [0.15, 0.2) is 0 Å². The van der Waals surface area contributed by atoms with Crippen LogP contribution in [-0.4, -0.2) is 48.5 Å². The Morgan fingerprint density at radius 3 is 2.50 bits per heavy atom. The summed E-state index contributed by atoms with van der Waals surface area (Å²) < 4.78 is 5.75. The summed E-state index contributed by atoms with van der Waals surface area (Å²) in [5, 5.41) is 11.4. The number of non-ortho nitro benzene ring substituents is 1. The van der Waals surface area contributed by atoms with E-state index in [9.17, 15) is 14.9 Å². The van der Waals surface area contributed by atoms with Crippen molar-refractivity contribution in [1.82, 2.24) is 4.90 Å². The van der Waals surface area contributed by atoms with E-state index in [4.69, 9.17) is 16.3 Å².